The first-order valence-corrected chi connectivity index (χ1v) is 8.88. The molecule has 0 radical (unpaired) electrons. The molecule has 0 bridgehead atoms. The van der Waals surface area contributed by atoms with E-state index in [0.717, 1.165) is 23.8 Å². The number of thiophene rings is 1. The van der Waals surface area contributed by atoms with E-state index in [1.165, 1.54) is 18.4 Å². The number of ether oxygens (including phenoxy) is 1. The van der Waals surface area contributed by atoms with Crippen molar-refractivity contribution in [2.24, 2.45) is 0 Å². The summed E-state index contributed by atoms with van der Waals surface area (Å²) < 4.78 is 69.9. The van der Waals surface area contributed by atoms with Crippen LogP contribution in [0.25, 0.3) is 0 Å². The zero-order chi connectivity index (χ0) is 17.1. The minimum absolute atomic E-state index is 0.0776. The minimum atomic E-state index is -4.60. The summed E-state index contributed by atoms with van der Waals surface area (Å²) in [5.74, 6) is 0. The number of sulfonamides is 1. The lowest BCUT2D eigenvalue weighted by Crippen LogP contribution is -2.29. The Morgan fingerprint density at radius 1 is 1.30 bits per heavy atom. The van der Waals surface area contributed by atoms with Gasteiger partial charge in [0.05, 0.1) is 16.6 Å². The average molecular weight is 365 g/mol. The number of rotatable bonds is 6. The Morgan fingerprint density at radius 2 is 2.04 bits per heavy atom. The fourth-order valence-electron chi connectivity index (χ4n) is 1.90. The predicted molar refractivity (Wildman–Crippen MR) is 80.7 cm³/mol. The van der Waals surface area contributed by atoms with Crippen molar-refractivity contribution in [3.63, 3.8) is 0 Å². The highest BCUT2D eigenvalue weighted by Gasteiger charge is 2.31. The van der Waals surface area contributed by atoms with Crippen molar-refractivity contribution in [2.45, 2.75) is 17.2 Å². The molecule has 0 saturated heterocycles. The predicted octanol–water partition coefficient (Wildman–Crippen LogP) is 3.43. The van der Waals surface area contributed by atoms with Crippen LogP contribution in [-0.4, -0.2) is 22.1 Å². The molecule has 0 aliphatic rings. The van der Waals surface area contributed by atoms with Gasteiger partial charge in [-0.15, -0.1) is 0 Å². The van der Waals surface area contributed by atoms with E-state index in [-0.39, 0.29) is 6.54 Å². The smallest absolute Gasteiger partial charge is 0.375 e. The third-order valence-electron chi connectivity index (χ3n) is 3.13. The molecule has 0 saturated carbocycles. The van der Waals surface area contributed by atoms with Crippen LogP contribution in [0.3, 0.4) is 0 Å². The number of methoxy groups -OCH3 is 1. The summed E-state index contributed by atoms with van der Waals surface area (Å²) in [5, 5.41) is 3.63. The van der Waals surface area contributed by atoms with Gasteiger partial charge in [0.15, 0.2) is 0 Å². The highest BCUT2D eigenvalue weighted by Crippen LogP contribution is 2.30. The van der Waals surface area contributed by atoms with Gasteiger partial charge in [-0.25, -0.2) is 13.1 Å². The van der Waals surface area contributed by atoms with Gasteiger partial charge < -0.3 is 4.74 Å². The van der Waals surface area contributed by atoms with E-state index in [2.05, 4.69) is 4.72 Å². The third-order valence-corrected chi connectivity index (χ3v) is 5.25. The van der Waals surface area contributed by atoms with E-state index < -0.39 is 32.8 Å². The van der Waals surface area contributed by atoms with E-state index in [0.29, 0.717) is 6.07 Å². The molecule has 0 amide bonds. The zero-order valence-electron chi connectivity index (χ0n) is 12.0. The topological polar surface area (TPSA) is 55.4 Å². The Kier molecular flexibility index (Phi) is 5.45. The number of nitrogens with one attached hydrogen (secondary N) is 1. The Hall–Kier alpha value is -1.42. The molecule has 1 unspecified atom stereocenters. The monoisotopic (exact) mass is 365 g/mol. The first-order chi connectivity index (χ1) is 10.7. The maximum Gasteiger partial charge on any atom is 0.416 e. The second kappa shape index (κ2) is 7.00. The molecule has 1 atom stereocenters. The molecule has 4 nitrogen and oxygen atoms in total. The fourth-order valence-corrected chi connectivity index (χ4v) is 3.68. The molecule has 2 aromatic rings. The Balaban J connectivity index is 2.16. The lowest BCUT2D eigenvalue weighted by molar-refractivity contribution is -0.137. The minimum Gasteiger partial charge on any atom is -0.375 e. The number of hydrogen-bond acceptors (Lipinski definition) is 4. The molecule has 1 N–H and O–H groups in total. The number of halogens is 3. The van der Waals surface area contributed by atoms with Crippen molar-refractivity contribution in [3.8, 4) is 0 Å². The van der Waals surface area contributed by atoms with Crippen LogP contribution in [0.15, 0.2) is 46.0 Å². The molecule has 1 aromatic carbocycles. The van der Waals surface area contributed by atoms with E-state index in [4.69, 9.17) is 4.74 Å². The highest BCUT2D eigenvalue weighted by atomic mass is 32.2. The van der Waals surface area contributed by atoms with Gasteiger partial charge in [0.1, 0.15) is 0 Å². The summed E-state index contributed by atoms with van der Waals surface area (Å²) in [4.78, 5) is -0.438. The average Bonchev–Trinajstić information content (AvgIpc) is 3.01. The lowest BCUT2D eigenvalue weighted by atomic mass is 10.2. The first kappa shape index (κ1) is 17.9. The van der Waals surface area contributed by atoms with Crippen molar-refractivity contribution >= 4 is 21.4 Å². The quantitative estimate of drug-likeness (QED) is 0.853. The molecule has 126 valence electrons. The van der Waals surface area contributed by atoms with Crippen LogP contribution in [0, 0.1) is 0 Å². The summed E-state index contributed by atoms with van der Waals surface area (Å²) in [6, 6.07) is 5.39. The maximum absolute atomic E-state index is 12.7. The van der Waals surface area contributed by atoms with E-state index in [9.17, 15) is 21.6 Å². The molecule has 1 aromatic heterocycles. The third kappa shape index (κ3) is 4.54. The van der Waals surface area contributed by atoms with Crippen molar-refractivity contribution in [1.29, 1.82) is 0 Å². The normalized spacial score (nSPS) is 13.9. The van der Waals surface area contributed by atoms with Gasteiger partial charge in [-0.2, -0.15) is 24.5 Å². The van der Waals surface area contributed by atoms with Gasteiger partial charge in [0, 0.05) is 13.7 Å². The molecule has 0 aliphatic carbocycles. The number of hydrogen-bond donors (Lipinski definition) is 1. The molecule has 0 aliphatic heterocycles. The van der Waals surface area contributed by atoms with E-state index in [1.54, 1.807) is 6.07 Å². The Morgan fingerprint density at radius 3 is 2.61 bits per heavy atom. The summed E-state index contributed by atoms with van der Waals surface area (Å²) in [6.45, 7) is -0.0776. The van der Waals surface area contributed by atoms with Crippen LogP contribution >= 0.6 is 11.3 Å². The van der Waals surface area contributed by atoms with Gasteiger partial charge in [-0.3, -0.25) is 0 Å². The SMILES string of the molecule is COC(CNS(=O)(=O)c1cccc(C(F)(F)F)c1)c1ccsc1. The van der Waals surface area contributed by atoms with Crippen LogP contribution in [0.2, 0.25) is 0 Å². The summed E-state index contributed by atoms with van der Waals surface area (Å²) in [7, 11) is -2.63. The first-order valence-electron chi connectivity index (χ1n) is 6.46. The van der Waals surface area contributed by atoms with Crippen LogP contribution in [0.5, 0.6) is 0 Å². The summed E-state index contributed by atoms with van der Waals surface area (Å²) >= 11 is 1.44. The van der Waals surface area contributed by atoms with E-state index in [1.807, 2.05) is 10.8 Å². The van der Waals surface area contributed by atoms with Crippen LogP contribution < -0.4 is 4.72 Å². The second-order valence-corrected chi connectivity index (χ2v) is 7.21. The molecule has 0 fully saturated rings. The highest BCUT2D eigenvalue weighted by molar-refractivity contribution is 7.89. The second-order valence-electron chi connectivity index (χ2n) is 4.66. The van der Waals surface area contributed by atoms with E-state index >= 15 is 0 Å². The zero-order valence-corrected chi connectivity index (χ0v) is 13.6. The summed E-state index contributed by atoms with van der Waals surface area (Å²) in [6.07, 6.45) is -5.11. The Labute approximate surface area is 136 Å². The van der Waals surface area contributed by atoms with Crippen molar-refractivity contribution in [2.75, 3.05) is 13.7 Å². The molecule has 1 heterocycles. The van der Waals surface area contributed by atoms with Crippen molar-refractivity contribution in [3.05, 3.63) is 52.2 Å². The lowest BCUT2D eigenvalue weighted by Gasteiger charge is -2.15. The van der Waals surface area contributed by atoms with Crippen LogP contribution in [0.1, 0.15) is 17.2 Å². The Bertz CT molecular complexity index is 743. The van der Waals surface area contributed by atoms with Gasteiger partial charge in [0.25, 0.3) is 0 Å². The van der Waals surface area contributed by atoms with Crippen LogP contribution in [0.4, 0.5) is 13.2 Å². The molecular weight excluding hydrogens is 351 g/mol. The molecular formula is C14H14F3NO3S2. The molecule has 0 spiro atoms. The maximum atomic E-state index is 12.7. The summed E-state index contributed by atoms with van der Waals surface area (Å²) in [5.41, 5.74) is -0.217. The van der Waals surface area contributed by atoms with Gasteiger partial charge in [0.2, 0.25) is 10.0 Å². The standard InChI is InChI=1S/C14H14F3NO3S2/c1-21-13(10-5-6-22-9-10)8-18-23(19,20)12-4-2-3-11(7-12)14(15,16)17/h2-7,9,13,18H,8H2,1H3. The van der Waals surface area contributed by atoms with Crippen LogP contribution in [-0.2, 0) is 20.9 Å². The molecule has 2 rings (SSSR count). The molecule has 9 heteroatoms. The number of benzene rings is 1. The molecule has 23 heavy (non-hydrogen) atoms. The number of alkyl halides is 3. The van der Waals surface area contributed by atoms with Crippen molar-refractivity contribution < 1.29 is 26.3 Å². The van der Waals surface area contributed by atoms with Gasteiger partial charge in [-0.1, -0.05) is 6.07 Å². The van der Waals surface area contributed by atoms with Gasteiger partial charge in [-0.05, 0) is 40.6 Å². The van der Waals surface area contributed by atoms with Gasteiger partial charge >= 0.3 is 6.18 Å². The van der Waals surface area contributed by atoms with Crippen molar-refractivity contribution in [1.82, 2.24) is 4.72 Å². The fraction of sp³-hybridized carbons (Fsp3) is 0.286. The largest absolute Gasteiger partial charge is 0.416 e.